The predicted molar refractivity (Wildman–Crippen MR) is 45.0 cm³/mol. The molecule has 0 radical (unpaired) electrons. The highest BCUT2D eigenvalue weighted by atomic mass is 31.2. The van der Waals surface area contributed by atoms with Crippen LogP contribution in [-0.2, 0) is 13.2 Å². The van der Waals surface area contributed by atoms with E-state index in [4.69, 9.17) is 8.64 Å². The molecule has 0 rings (SSSR count). The summed E-state index contributed by atoms with van der Waals surface area (Å²) in [7, 11) is -2.86. The normalized spacial score (nSPS) is 13.7. The highest BCUT2D eigenvalue weighted by molar-refractivity contribution is 7.58. The molecule has 0 saturated heterocycles. The van der Waals surface area contributed by atoms with Crippen molar-refractivity contribution < 1.29 is 13.2 Å². The van der Waals surface area contributed by atoms with Crippen LogP contribution in [0.15, 0.2) is 0 Å². The van der Waals surface area contributed by atoms with E-state index in [1.165, 1.54) is 0 Å². The van der Waals surface area contributed by atoms with Crippen LogP contribution < -0.4 is 0 Å². The molecule has 0 aliphatic carbocycles. The predicted octanol–water partition coefficient (Wildman–Crippen LogP) is 1.89. The van der Waals surface area contributed by atoms with Gasteiger partial charge in [0, 0.05) is 20.4 Å². The van der Waals surface area contributed by atoms with Gasteiger partial charge in [-0.25, -0.2) is 0 Å². The second-order valence-corrected chi connectivity index (χ2v) is 9.39. The molecule has 0 saturated carbocycles. The summed E-state index contributed by atoms with van der Waals surface area (Å²) in [5.74, 6) is 0. The zero-order valence-corrected chi connectivity index (χ0v) is 9.07. The maximum atomic E-state index is 11.1. The molecule has 3 nitrogen and oxygen atoms in total. The molecule has 0 aliphatic rings. The van der Waals surface area contributed by atoms with Crippen LogP contribution in [-0.4, -0.2) is 29.0 Å². The van der Waals surface area contributed by atoms with Crippen molar-refractivity contribution in [1.82, 2.24) is 0 Å². The number of hydrogen-bond donors (Lipinski definition) is 0. The van der Waals surface area contributed by atoms with Gasteiger partial charge in [0.05, 0.1) is 0 Å². The maximum absolute atomic E-state index is 11.1. The Hall–Kier alpha value is 0.367. The van der Waals surface area contributed by atoms with Crippen molar-refractivity contribution in [2.24, 2.45) is 0 Å². The Kier molecular flexibility index (Phi) is 3.29. The van der Waals surface area contributed by atoms with E-state index in [-0.39, 0.29) is 0 Å². The summed E-state index contributed by atoms with van der Waals surface area (Å²) in [6.45, 7) is 6.93. The van der Waals surface area contributed by atoms with Crippen molar-refractivity contribution in [2.45, 2.75) is 13.1 Å². The second-order valence-electron chi connectivity index (χ2n) is 2.95. The van der Waals surface area contributed by atoms with Gasteiger partial charge in [-0.3, -0.25) is 4.57 Å². The Balaban J connectivity index is 4.02. The molecule has 0 atom stereocenters. The summed E-state index contributed by atoms with van der Waals surface area (Å²) in [6.07, 6.45) is 0. The highest BCUT2D eigenvalue weighted by Crippen LogP contribution is 2.40. The molecule has 0 aromatic heterocycles. The van der Waals surface area contributed by atoms with Gasteiger partial charge in [-0.1, -0.05) is 0 Å². The first kappa shape index (κ1) is 10.4. The van der Waals surface area contributed by atoms with Gasteiger partial charge in [0.15, 0.2) is 7.37 Å². The first-order valence-corrected chi connectivity index (χ1v) is 8.41. The standard InChI is InChI=1S/C5H15O3PSi/c1-7-10(4,5)8-9(2,3)6/h1-5H3. The Labute approximate surface area is 63.4 Å². The molecule has 0 amide bonds. The zero-order chi connectivity index (χ0) is 8.41. The van der Waals surface area contributed by atoms with Gasteiger partial charge in [0.1, 0.15) is 0 Å². The molecule has 0 N–H and O–H groups in total. The summed E-state index contributed by atoms with van der Waals surface area (Å²) >= 11 is 0. The fraction of sp³-hybridized carbons (Fsp3) is 1.00. The lowest BCUT2D eigenvalue weighted by Crippen LogP contribution is -2.31. The maximum Gasteiger partial charge on any atom is 0.337 e. The lowest BCUT2D eigenvalue weighted by Gasteiger charge is -2.22. The molecule has 0 aliphatic heterocycles. The van der Waals surface area contributed by atoms with Crippen molar-refractivity contribution in [1.29, 1.82) is 0 Å². The van der Waals surface area contributed by atoms with Crippen LogP contribution in [0.1, 0.15) is 0 Å². The van der Waals surface area contributed by atoms with E-state index in [9.17, 15) is 4.57 Å². The summed E-state index contributed by atoms with van der Waals surface area (Å²) < 4.78 is 21.4. The molecular weight excluding hydrogens is 167 g/mol. The van der Waals surface area contributed by atoms with Crippen molar-refractivity contribution in [2.75, 3.05) is 20.4 Å². The van der Waals surface area contributed by atoms with Crippen LogP contribution in [0.3, 0.4) is 0 Å². The molecule has 0 aromatic rings. The largest absolute Gasteiger partial charge is 0.398 e. The average molecular weight is 182 g/mol. The van der Waals surface area contributed by atoms with Crippen LogP contribution in [0.5, 0.6) is 0 Å². The molecule has 5 heteroatoms. The topological polar surface area (TPSA) is 35.5 Å². The quantitative estimate of drug-likeness (QED) is 0.494. The lowest BCUT2D eigenvalue weighted by molar-refractivity contribution is 0.315. The first-order valence-electron chi connectivity index (χ1n) is 3.08. The number of hydrogen-bond acceptors (Lipinski definition) is 3. The molecule has 10 heavy (non-hydrogen) atoms. The molecule has 0 aromatic carbocycles. The van der Waals surface area contributed by atoms with E-state index in [1.807, 2.05) is 13.1 Å². The monoisotopic (exact) mass is 182 g/mol. The van der Waals surface area contributed by atoms with Gasteiger partial charge in [-0.15, -0.1) is 0 Å². The second kappa shape index (κ2) is 3.18. The van der Waals surface area contributed by atoms with Gasteiger partial charge in [-0.05, 0) is 13.1 Å². The Morgan fingerprint density at radius 1 is 1.30 bits per heavy atom. The molecule has 0 spiro atoms. The van der Waals surface area contributed by atoms with Crippen LogP contribution in [0.25, 0.3) is 0 Å². The minimum Gasteiger partial charge on any atom is -0.398 e. The van der Waals surface area contributed by atoms with Gasteiger partial charge in [-0.2, -0.15) is 0 Å². The van der Waals surface area contributed by atoms with E-state index in [0.717, 1.165) is 0 Å². The minimum atomic E-state index is -2.37. The smallest absolute Gasteiger partial charge is 0.337 e. The van der Waals surface area contributed by atoms with E-state index >= 15 is 0 Å². The third-order valence-electron chi connectivity index (χ3n) is 0.931. The Bertz CT molecular complexity index is 151. The van der Waals surface area contributed by atoms with E-state index in [2.05, 4.69) is 0 Å². The fourth-order valence-electron chi connectivity index (χ4n) is 0.567. The highest BCUT2D eigenvalue weighted by Gasteiger charge is 2.28. The van der Waals surface area contributed by atoms with E-state index in [1.54, 1.807) is 20.4 Å². The van der Waals surface area contributed by atoms with E-state index < -0.39 is 15.9 Å². The summed E-state index contributed by atoms with van der Waals surface area (Å²) in [5.41, 5.74) is 0. The first-order chi connectivity index (χ1) is 4.27. The lowest BCUT2D eigenvalue weighted by atomic mass is 11.8. The molecule has 0 heterocycles. The fourth-order valence-corrected chi connectivity index (χ4v) is 5.10. The average Bonchev–Trinajstić information content (AvgIpc) is 1.60. The SMILES string of the molecule is CO[Si](C)(C)OP(C)(C)=O. The van der Waals surface area contributed by atoms with Crippen LogP contribution >= 0.6 is 7.37 Å². The third-order valence-corrected chi connectivity index (χ3v) is 5.43. The van der Waals surface area contributed by atoms with Gasteiger partial charge >= 0.3 is 8.56 Å². The van der Waals surface area contributed by atoms with Gasteiger partial charge in [0.25, 0.3) is 0 Å². The minimum absolute atomic E-state index is 1.59. The Morgan fingerprint density at radius 3 is 1.80 bits per heavy atom. The summed E-state index contributed by atoms with van der Waals surface area (Å²) in [4.78, 5) is 0. The van der Waals surface area contributed by atoms with Crippen LogP contribution in [0.2, 0.25) is 13.1 Å². The van der Waals surface area contributed by atoms with Gasteiger partial charge in [0.2, 0.25) is 0 Å². The van der Waals surface area contributed by atoms with Crippen LogP contribution in [0.4, 0.5) is 0 Å². The van der Waals surface area contributed by atoms with Gasteiger partial charge < -0.3 is 8.64 Å². The molecule has 62 valence electrons. The van der Waals surface area contributed by atoms with Crippen molar-refractivity contribution in [3.05, 3.63) is 0 Å². The van der Waals surface area contributed by atoms with Crippen LogP contribution in [0, 0.1) is 0 Å². The zero-order valence-electron chi connectivity index (χ0n) is 7.17. The molecular formula is C5H15O3PSi. The van der Waals surface area contributed by atoms with E-state index in [0.29, 0.717) is 0 Å². The Morgan fingerprint density at radius 2 is 1.70 bits per heavy atom. The number of rotatable bonds is 3. The van der Waals surface area contributed by atoms with Crippen molar-refractivity contribution in [3.63, 3.8) is 0 Å². The van der Waals surface area contributed by atoms with Crippen molar-refractivity contribution >= 4 is 15.9 Å². The molecule has 0 fully saturated rings. The summed E-state index contributed by atoms with van der Waals surface area (Å²) in [5, 5.41) is 0. The third kappa shape index (κ3) is 5.18. The molecule has 0 bridgehead atoms. The summed E-state index contributed by atoms with van der Waals surface area (Å²) in [6, 6.07) is 0. The van der Waals surface area contributed by atoms with Crippen molar-refractivity contribution in [3.8, 4) is 0 Å². The molecule has 0 unspecified atom stereocenters.